The highest BCUT2D eigenvalue weighted by molar-refractivity contribution is 9.10. The smallest absolute Gasteiger partial charge is 0.340 e. The number of thiophene rings is 1. The maximum atomic E-state index is 11.6. The number of halogens is 1. The molecule has 78 valence electrons. The van der Waals surface area contributed by atoms with Crippen molar-refractivity contribution >= 4 is 33.2 Å². The van der Waals surface area contributed by atoms with Gasteiger partial charge in [-0.05, 0) is 36.2 Å². The van der Waals surface area contributed by atoms with Gasteiger partial charge in [-0.25, -0.2) is 4.79 Å². The number of rotatable bonds is 3. The van der Waals surface area contributed by atoms with Crippen LogP contribution in [-0.2, 0) is 11.2 Å². The summed E-state index contributed by atoms with van der Waals surface area (Å²) in [4.78, 5) is 12.7. The number of ether oxygens (including phenoxy) is 1. The molecular formula is C10H13BrO2S. The van der Waals surface area contributed by atoms with Crippen LogP contribution in [0.3, 0.4) is 0 Å². The molecule has 0 N–H and O–H groups in total. The van der Waals surface area contributed by atoms with E-state index >= 15 is 0 Å². The third-order valence-corrected chi connectivity index (χ3v) is 3.98. The molecule has 0 saturated carbocycles. The average molecular weight is 277 g/mol. The first-order chi connectivity index (χ1) is 6.56. The number of hydrogen-bond donors (Lipinski definition) is 0. The van der Waals surface area contributed by atoms with Crippen molar-refractivity contribution in [2.75, 3.05) is 0 Å². The summed E-state index contributed by atoms with van der Waals surface area (Å²) < 4.78 is 6.00. The van der Waals surface area contributed by atoms with Crippen molar-refractivity contribution in [3.8, 4) is 0 Å². The van der Waals surface area contributed by atoms with Gasteiger partial charge >= 0.3 is 5.97 Å². The van der Waals surface area contributed by atoms with Crippen molar-refractivity contribution in [1.29, 1.82) is 0 Å². The number of carbonyl (C=O) groups excluding carboxylic acids is 1. The molecule has 14 heavy (non-hydrogen) atoms. The van der Waals surface area contributed by atoms with Gasteiger partial charge < -0.3 is 4.74 Å². The number of carbonyl (C=O) groups is 1. The Morgan fingerprint density at radius 2 is 2.29 bits per heavy atom. The lowest BCUT2D eigenvalue weighted by molar-refractivity contribution is 0.0377. The number of aryl methyl sites for hydroxylation is 1. The van der Waals surface area contributed by atoms with Crippen LogP contribution in [0.4, 0.5) is 0 Å². The minimum Gasteiger partial charge on any atom is -0.459 e. The van der Waals surface area contributed by atoms with E-state index in [4.69, 9.17) is 4.74 Å². The van der Waals surface area contributed by atoms with E-state index in [9.17, 15) is 4.79 Å². The second kappa shape index (κ2) is 4.94. The normalized spacial score (nSPS) is 10.6. The Balaban J connectivity index is 2.85. The van der Waals surface area contributed by atoms with E-state index in [1.54, 1.807) is 11.3 Å². The van der Waals surface area contributed by atoms with Crippen LogP contribution in [0.2, 0.25) is 0 Å². The van der Waals surface area contributed by atoms with Gasteiger partial charge in [0.15, 0.2) is 0 Å². The van der Waals surface area contributed by atoms with E-state index in [1.807, 2.05) is 19.2 Å². The lowest BCUT2D eigenvalue weighted by Gasteiger charge is -2.06. The predicted octanol–water partition coefficient (Wildman–Crippen LogP) is 3.64. The summed E-state index contributed by atoms with van der Waals surface area (Å²) in [5.41, 5.74) is 0.639. The molecule has 1 aromatic heterocycles. The van der Waals surface area contributed by atoms with Gasteiger partial charge in [-0.2, -0.15) is 0 Å². The van der Waals surface area contributed by atoms with Crippen molar-refractivity contribution in [2.24, 2.45) is 0 Å². The summed E-state index contributed by atoms with van der Waals surface area (Å²) in [6.07, 6.45) is 0.861. The molecule has 4 heteroatoms. The van der Waals surface area contributed by atoms with E-state index in [0.717, 1.165) is 10.9 Å². The summed E-state index contributed by atoms with van der Waals surface area (Å²) in [6.45, 7) is 5.76. The van der Waals surface area contributed by atoms with Gasteiger partial charge in [0, 0.05) is 14.7 Å². The predicted molar refractivity (Wildman–Crippen MR) is 61.9 cm³/mol. The molecule has 1 rings (SSSR count). The highest BCUT2D eigenvalue weighted by atomic mass is 79.9. The molecule has 0 radical (unpaired) electrons. The zero-order valence-electron chi connectivity index (χ0n) is 8.46. The number of hydrogen-bond acceptors (Lipinski definition) is 3. The summed E-state index contributed by atoms with van der Waals surface area (Å²) in [6, 6.07) is 0. The Bertz CT molecular complexity index is 331. The van der Waals surface area contributed by atoms with Crippen LogP contribution < -0.4 is 0 Å². The standard InChI is InChI=1S/C10H13BrO2S/c1-4-8-9(11)7(5-14-8)10(12)13-6(2)3/h5-6H,4H2,1-3H3. The first-order valence-electron chi connectivity index (χ1n) is 4.53. The topological polar surface area (TPSA) is 26.3 Å². The molecule has 0 spiro atoms. The van der Waals surface area contributed by atoms with Crippen LogP contribution in [0, 0.1) is 0 Å². The molecule has 2 nitrogen and oxygen atoms in total. The summed E-state index contributed by atoms with van der Waals surface area (Å²) in [7, 11) is 0. The van der Waals surface area contributed by atoms with Crippen LogP contribution in [0.5, 0.6) is 0 Å². The van der Waals surface area contributed by atoms with Crippen molar-refractivity contribution < 1.29 is 9.53 Å². The monoisotopic (exact) mass is 276 g/mol. The molecule has 0 atom stereocenters. The Labute approximate surface area is 96.4 Å². The molecule has 0 bridgehead atoms. The molecule has 1 heterocycles. The second-order valence-electron chi connectivity index (χ2n) is 3.19. The molecule has 0 aliphatic carbocycles. The molecule has 0 saturated heterocycles. The van der Waals surface area contributed by atoms with Crippen LogP contribution in [0.1, 0.15) is 36.0 Å². The molecule has 0 fully saturated rings. The average Bonchev–Trinajstić information content (AvgIpc) is 2.45. The first-order valence-corrected chi connectivity index (χ1v) is 6.20. The fourth-order valence-electron chi connectivity index (χ4n) is 1.04. The zero-order chi connectivity index (χ0) is 10.7. The fourth-order valence-corrected chi connectivity index (χ4v) is 2.88. The van der Waals surface area contributed by atoms with Crippen LogP contribution in [-0.4, -0.2) is 12.1 Å². The summed E-state index contributed by atoms with van der Waals surface area (Å²) in [5.74, 6) is -0.247. The van der Waals surface area contributed by atoms with Crippen molar-refractivity contribution in [3.05, 3.63) is 20.3 Å². The minimum atomic E-state index is -0.247. The Morgan fingerprint density at radius 3 is 2.71 bits per heavy atom. The molecule has 0 aliphatic heterocycles. The Hall–Kier alpha value is -0.350. The van der Waals surface area contributed by atoms with Crippen molar-refractivity contribution in [1.82, 2.24) is 0 Å². The molecule has 0 aromatic carbocycles. The summed E-state index contributed by atoms with van der Waals surface area (Å²) in [5, 5.41) is 1.84. The first kappa shape index (κ1) is 11.7. The zero-order valence-corrected chi connectivity index (χ0v) is 10.9. The van der Waals surface area contributed by atoms with Gasteiger partial charge in [-0.1, -0.05) is 6.92 Å². The third-order valence-electron chi connectivity index (χ3n) is 1.68. The molecule has 0 amide bonds. The van der Waals surface area contributed by atoms with Gasteiger partial charge in [0.1, 0.15) is 0 Å². The lowest BCUT2D eigenvalue weighted by Crippen LogP contribution is -2.11. The van der Waals surface area contributed by atoms with Crippen LogP contribution >= 0.6 is 27.3 Å². The maximum Gasteiger partial charge on any atom is 0.340 e. The van der Waals surface area contributed by atoms with Crippen LogP contribution in [0.25, 0.3) is 0 Å². The largest absolute Gasteiger partial charge is 0.459 e. The van der Waals surface area contributed by atoms with Gasteiger partial charge in [-0.3, -0.25) is 0 Å². The van der Waals surface area contributed by atoms with Crippen LogP contribution in [0.15, 0.2) is 9.85 Å². The van der Waals surface area contributed by atoms with Crippen molar-refractivity contribution in [3.63, 3.8) is 0 Å². The molecule has 0 unspecified atom stereocenters. The molecule has 1 aromatic rings. The van der Waals surface area contributed by atoms with E-state index in [2.05, 4.69) is 22.9 Å². The van der Waals surface area contributed by atoms with Crippen molar-refractivity contribution in [2.45, 2.75) is 33.3 Å². The van der Waals surface area contributed by atoms with E-state index in [0.29, 0.717) is 5.56 Å². The third kappa shape index (κ3) is 2.58. The van der Waals surface area contributed by atoms with Gasteiger partial charge in [0.2, 0.25) is 0 Å². The summed E-state index contributed by atoms with van der Waals surface area (Å²) >= 11 is 5.00. The molecular weight excluding hydrogens is 264 g/mol. The maximum absolute atomic E-state index is 11.6. The SMILES string of the molecule is CCc1scc(C(=O)OC(C)C)c1Br. The quantitative estimate of drug-likeness (QED) is 0.788. The van der Waals surface area contributed by atoms with E-state index in [1.165, 1.54) is 4.88 Å². The highest BCUT2D eigenvalue weighted by Gasteiger charge is 2.16. The fraction of sp³-hybridized carbons (Fsp3) is 0.500. The van der Waals surface area contributed by atoms with E-state index < -0.39 is 0 Å². The highest BCUT2D eigenvalue weighted by Crippen LogP contribution is 2.29. The van der Waals surface area contributed by atoms with E-state index in [-0.39, 0.29) is 12.1 Å². The van der Waals surface area contributed by atoms with Gasteiger partial charge in [0.25, 0.3) is 0 Å². The van der Waals surface area contributed by atoms with Gasteiger partial charge in [-0.15, -0.1) is 11.3 Å². The Kier molecular flexibility index (Phi) is 4.13. The second-order valence-corrected chi connectivity index (χ2v) is 4.95. The molecule has 0 aliphatic rings. The Morgan fingerprint density at radius 1 is 1.64 bits per heavy atom. The lowest BCUT2D eigenvalue weighted by atomic mass is 10.3. The number of esters is 1. The van der Waals surface area contributed by atoms with Gasteiger partial charge in [0.05, 0.1) is 11.7 Å². The minimum absolute atomic E-state index is 0.0700.